The van der Waals surface area contributed by atoms with Gasteiger partial charge in [-0.15, -0.1) is 21.5 Å². The molecule has 8 nitrogen and oxygen atoms in total. The van der Waals surface area contributed by atoms with Crippen molar-refractivity contribution < 1.29 is 9.59 Å². The molecule has 3 aromatic rings. The van der Waals surface area contributed by atoms with E-state index in [-0.39, 0.29) is 29.5 Å². The van der Waals surface area contributed by atoms with E-state index in [0.29, 0.717) is 43.1 Å². The van der Waals surface area contributed by atoms with Crippen LogP contribution in [0, 0.1) is 22.7 Å². The maximum absolute atomic E-state index is 12.8. The van der Waals surface area contributed by atoms with E-state index in [0.717, 1.165) is 24.8 Å². The van der Waals surface area contributed by atoms with Crippen molar-refractivity contribution in [2.24, 2.45) is 18.4 Å². The summed E-state index contributed by atoms with van der Waals surface area (Å²) in [5.41, 5.74) is 2.26. The Balaban J connectivity index is 1.34. The van der Waals surface area contributed by atoms with Crippen molar-refractivity contribution >= 4 is 63.1 Å². The van der Waals surface area contributed by atoms with E-state index in [1.807, 2.05) is 0 Å². The van der Waals surface area contributed by atoms with Crippen LogP contribution in [0.1, 0.15) is 59.4 Å². The lowest BCUT2D eigenvalue weighted by molar-refractivity contribution is -0.113. The molecule has 0 saturated carbocycles. The number of thioether (sulfide) groups is 1. The first kappa shape index (κ1) is 28.4. The topological polar surface area (TPSA) is 113 Å². The molecule has 0 aliphatic heterocycles. The first-order valence-electron chi connectivity index (χ1n) is 12.1. The molecule has 1 aromatic carbocycles. The standard InChI is InChI=1S/C26H28Cl2N6O2S2/c1-26(2,3)15-6-7-16-17(11-29)24(38-20(16)10-15)31-22(35)13-37-25-33-32-21(34(25)4)12-30-23(36)14-5-8-18(27)19(28)9-14/h5,8-9,15H,6-7,10,12-13H2,1-4H3,(H,30,36)(H,31,35)/t15-/m0/s1. The van der Waals surface area contributed by atoms with Gasteiger partial charge in [-0.25, -0.2) is 0 Å². The molecule has 0 spiro atoms. The molecule has 2 aromatic heterocycles. The maximum Gasteiger partial charge on any atom is 0.251 e. The molecule has 2 amide bonds. The SMILES string of the molecule is Cn1c(CNC(=O)c2ccc(Cl)c(Cl)c2)nnc1SCC(=O)Nc1sc2c(c1C#N)CC[C@H](C(C)(C)C)C2. The van der Waals surface area contributed by atoms with Crippen LogP contribution >= 0.6 is 46.3 Å². The summed E-state index contributed by atoms with van der Waals surface area (Å²) in [6, 6.07) is 6.96. The van der Waals surface area contributed by atoms with Gasteiger partial charge in [-0.05, 0) is 54.4 Å². The van der Waals surface area contributed by atoms with Crippen LogP contribution in [0.3, 0.4) is 0 Å². The quantitative estimate of drug-likeness (QED) is 0.333. The highest BCUT2D eigenvalue weighted by atomic mass is 35.5. The second-order valence-corrected chi connectivity index (χ2v) is 13.1. The van der Waals surface area contributed by atoms with Gasteiger partial charge in [-0.2, -0.15) is 5.26 Å². The van der Waals surface area contributed by atoms with Gasteiger partial charge in [0, 0.05) is 17.5 Å². The minimum absolute atomic E-state index is 0.111. The molecule has 0 bridgehead atoms. The number of anilines is 1. The van der Waals surface area contributed by atoms with Gasteiger partial charge in [0.1, 0.15) is 11.1 Å². The van der Waals surface area contributed by atoms with Crippen molar-refractivity contribution in [1.82, 2.24) is 20.1 Å². The molecule has 0 radical (unpaired) electrons. The number of nitriles is 1. The number of benzene rings is 1. The Bertz CT molecular complexity index is 1420. The predicted octanol–water partition coefficient (Wildman–Crippen LogP) is 5.87. The van der Waals surface area contributed by atoms with Crippen LogP contribution in [0.4, 0.5) is 5.00 Å². The number of fused-ring (bicyclic) bond motifs is 1. The van der Waals surface area contributed by atoms with E-state index in [2.05, 4.69) is 47.7 Å². The number of hydrogen-bond donors (Lipinski definition) is 2. The van der Waals surface area contributed by atoms with Crippen LogP contribution in [-0.2, 0) is 31.2 Å². The van der Waals surface area contributed by atoms with Gasteiger partial charge >= 0.3 is 0 Å². The Morgan fingerprint density at radius 2 is 2.03 bits per heavy atom. The third kappa shape index (κ3) is 6.34. The number of nitrogens with one attached hydrogen (secondary N) is 2. The number of amides is 2. The Kier molecular flexibility index (Phi) is 8.72. The highest BCUT2D eigenvalue weighted by Crippen LogP contribution is 2.44. The van der Waals surface area contributed by atoms with E-state index in [9.17, 15) is 14.9 Å². The average molecular weight is 592 g/mol. The smallest absolute Gasteiger partial charge is 0.251 e. The van der Waals surface area contributed by atoms with Crippen molar-refractivity contribution in [2.75, 3.05) is 11.1 Å². The second kappa shape index (κ2) is 11.7. The monoisotopic (exact) mass is 590 g/mol. The summed E-state index contributed by atoms with van der Waals surface area (Å²) in [4.78, 5) is 26.4. The van der Waals surface area contributed by atoms with Crippen LogP contribution < -0.4 is 10.6 Å². The molecule has 1 aliphatic rings. The van der Waals surface area contributed by atoms with E-state index in [4.69, 9.17) is 23.2 Å². The van der Waals surface area contributed by atoms with Crippen LogP contribution in [0.25, 0.3) is 0 Å². The molecule has 200 valence electrons. The zero-order valence-electron chi connectivity index (χ0n) is 21.5. The first-order valence-corrected chi connectivity index (χ1v) is 14.6. The molecule has 0 saturated heterocycles. The molecule has 0 fully saturated rings. The lowest BCUT2D eigenvalue weighted by Crippen LogP contribution is -2.26. The highest BCUT2D eigenvalue weighted by molar-refractivity contribution is 7.99. The number of rotatable bonds is 7. The first-order chi connectivity index (χ1) is 18.0. The van der Waals surface area contributed by atoms with E-state index >= 15 is 0 Å². The summed E-state index contributed by atoms with van der Waals surface area (Å²) < 4.78 is 1.73. The average Bonchev–Trinajstić information content (AvgIpc) is 3.40. The Hall–Kier alpha value is -2.58. The van der Waals surface area contributed by atoms with Gasteiger partial charge in [-0.3, -0.25) is 9.59 Å². The molecule has 1 atom stereocenters. The summed E-state index contributed by atoms with van der Waals surface area (Å²) in [5, 5.41) is 25.6. The maximum atomic E-state index is 12.8. The molecule has 2 heterocycles. The number of thiophene rings is 1. The zero-order chi connectivity index (χ0) is 27.6. The summed E-state index contributed by atoms with van der Waals surface area (Å²) >= 11 is 14.7. The van der Waals surface area contributed by atoms with Crippen LogP contribution in [0.2, 0.25) is 10.0 Å². The largest absolute Gasteiger partial charge is 0.345 e. The van der Waals surface area contributed by atoms with Crippen molar-refractivity contribution in [3.8, 4) is 6.07 Å². The van der Waals surface area contributed by atoms with Crippen molar-refractivity contribution in [2.45, 2.75) is 51.7 Å². The molecular weight excluding hydrogens is 563 g/mol. The van der Waals surface area contributed by atoms with E-state index < -0.39 is 0 Å². The molecule has 1 aliphatic carbocycles. The molecule has 0 unspecified atom stereocenters. The fraction of sp³-hybridized carbons (Fsp3) is 0.423. The van der Waals surface area contributed by atoms with Gasteiger partial charge in [0.15, 0.2) is 11.0 Å². The summed E-state index contributed by atoms with van der Waals surface area (Å²) in [6.07, 6.45) is 2.85. The van der Waals surface area contributed by atoms with Gasteiger partial charge in [0.25, 0.3) is 5.91 Å². The fourth-order valence-corrected chi connectivity index (χ4v) is 6.67. The normalized spacial score (nSPS) is 15.0. The van der Waals surface area contributed by atoms with Gasteiger partial charge in [0.2, 0.25) is 5.91 Å². The Morgan fingerprint density at radius 3 is 2.71 bits per heavy atom. The number of carbonyl (C=O) groups excluding carboxylic acids is 2. The molecular formula is C26H28Cl2N6O2S2. The van der Waals surface area contributed by atoms with Crippen molar-refractivity contribution in [1.29, 1.82) is 5.26 Å². The second-order valence-electron chi connectivity index (χ2n) is 10.2. The fourth-order valence-electron chi connectivity index (χ4n) is 4.35. The molecule has 4 rings (SSSR count). The van der Waals surface area contributed by atoms with Crippen molar-refractivity contribution in [3.05, 3.63) is 55.6 Å². The minimum atomic E-state index is -0.319. The van der Waals surface area contributed by atoms with Crippen LogP contribution in [0.15, 0.2) is 23.4 Å². The zero-order valence-corrected chi connectivity index (χ0v) is 24.7. The third-order valence-electron chi connectivity index (χ3n) is 6.70. The van der Waals surface area contributed by atoms with Gasteiger partial charge in [-0.1, -0.05) is 55.7 Å². The molecule has 12 heteroatoms. The third-order valence-corrected chi connectivity index (χ3v) is 9.63. The highest BCUT2D eigenvalue weighted by Gasteiger charge is 2.32. The van der Waals surface area contributed by atoms with E-state index in [1.165, 1.54) is 34.0 Å². The van der Waals surface area contributed by atoms with Crippen LogP contribution in [-0.4, -0.2) is 32.3 Å². The lowest BCUT2D eigenvalue weighted by atomic mass is 9.72. The number of aromatic nitrogens is 3. The number of nitrogens with zero attached hydrogens (tertiary/aromatic N) is 4. The molecule has 38 heavy (non-hydrogen) atoms. The number of hydrogen-bond acceptors (Lipinski definition) is 7. The number of carbonyl (C=O) groups is 2. The van der Waals surface area contributed by atoms with Crippen molar-refractivity contribution in [3.63, 3.8) is 0 Å². The lowest BCUT2D eigenvalue weighted by Gasteiger charge is -2.33. The van der Waals surface area contributed by atoms with E-state index in [1.54, 1.807) is 23.7 Å². The van der Waals surface area contributed by atoms with Gasteiger partial charge in [0.05, 0.1) is 27.9 Å². The minimum Gasteiger partial charge on any atom is -0.345 e. The van der Waals surface area contributed by atoms with Crippen LogP contribution in [0.5, 0.6) is 0 Å². The summed E-state index contributed by atoms with van der Waals surface area (Å²) in [7, 11) is 1.77. The predicted molar refractivity (Wildman–Crippen MR) is 152 cm³/mol. The summed E-state index contributed by atoms with van der Waals surface area (Å²) in [6.45, 7) is 6.91. The summed E-state index contributed by atoms with van der Waals surface area (Å²) in [5.74, 6) is 0.668. The molecule has 2 N–H and O–H groups in total. The Morgan fingerprint density at radius 1 is 1.26 bits per heavy atom. The Labute approximate surface area is 240 Å². The van der Waals surface area contributed by atoms with Gasteiger partial charge < -0.3 is 15.2 Å². The number of halogens is 2.